The van der Waals surface area contributed by atoms with Crippen molar-refractivity contribution in [1.29, 1.82) is 0 Å². The first-order valence-electron chi connectivity index (χ1n) is 14.9. The molecule has 0 fully saturated rings. The number of rotatable bonds is 19. The van der Waals surface area contributed by atoms with Gasteiger partial charge in [-0.2, -0.15) is 0 Å². The molecule has 0 aliphatic carbocycles. The standard InChI is InChI=1S/C35H47BrO4/c1-5-7-9-11-13-37-32-17-27(3)15-30(21-32)25-39-34-19-29(24-36)20-35(23-34)40-26-31-16-28(4)18-33(22-31)38-14-12-10-8-6-2/h15-23H,5-14,24-26H2,1-4H3. The smallest absolute Gasteiger partial charge is 0.123 e. The fraction of sp³-hybridized carbons (Fsp3) is 0.486. The second kappa shape index (κ2) is 17.9. The van der Waals surface area contributed by atoms with E-state index in [0.717, 1.165) is 71.1 Å². The second-order valence-corrected chi connectivity index (χ2v) is 11.2. The van der Waals surface area contributed by atoms with Crippen molar-refractivity contribution in [3.05, 3.63) is 82.4 Å². The van der Waals surface area contributed by atoms with Crippen LogP contribution in [-0.4, -0.2) is 13.2 Å². The summed E-state index contributed by atoms with van der Waals surface area (Å²) >= 11 is 3.59. The highest BCUT2D eigenvalue weighted by atomic mass is 79.9. The van der Waals surface area contributed by atoms with Gasteiger partial charge in [-0.3, -0.25) is 0 Å². The van der Waals surface area contributed by atoms with Crippen LogP contribution >= 0.6 is 15.9 Å². The zero-order chi connectivity index (χ0) is 28.6. The van der Waals surface area contributed by atoms with Gasteiger partial charge in [-0.1, -0.05) is 80.4 Å². The van der Waals surface area contributed by atoms with E-state index in [1.165, 1.54) is 49.7 Å². The van der Waals surface area contributed by atoms with Crippen molar-refractivity contribution in [3.63, 3.8) is 0 Å². The average molecular weight is 612 g/mol. The monoisotopic (exact) mass is 610 g/mol. The maximum Gasteiger partial charge on any atom is 0.123 e. The van der Waals surface area contributed by atoms with Crippen LogP contribution in [0.1, 0.15) is 93.0 Å². The topological polar surface area (TPSA) is 36.9 Å². The van der Waals surface area contributed by atoms with Crippen molar-refractivity contribution >= 4 is 15.9 Å². The van der Waals surface area contributed by atoms with E-state index in [2.05, 4.69) is 92.2 Å². The van der Waals surface area contributed by atoms with Crippen molar-refractivity contribution in [1.82, 2.24) is 0 Å². The summed E-state index contributed by atoms with van der Waals surface area (Å²) in [6.45, 7) is 11.1. The quantitative estimate of drug-likeness (QED) is 0.0999. The molecule has 3 rings (SSSR count). The highest BCUT2D eigenvalue weighted by Crippen LogP contribution is 2.27. The SMILES string of the molecule is CCCCCCOc1cc(C)cc(COc2cc(CBr)cc(OCc3cc(C)cc(OCCCCCC)c3)c2)c1. The van der Waals surface area contributed by atoms with Crippen LogP contribution < -0.4 is 18.9 Å². The molecule has 0 bridgehead atoms. The van der Waals surface area contributed by atoms with E-state index in [1.54, 1.807) is 0 Å². The van der Waals surface area contributed by atoms with Crippen LogP contribution in [-0.2, 0) is 18.5 Å². The summed E-state index contributed by atoms with van der Waals surface area (Å²) in [5.41, 5.74) is 5.64. The van der Waals surface area contributed by atoms with E-state index in [1.807, 2.05) is 6.07 Å². The fourth-order valence-corrected chi connectivity index (χ4v) is 4.95. The molecular weight excluding hydrogens is 564 g/mol. The van der Waals surface area contributed by atoms with Crippen molar-refractivity contribution in [2.75, 3.05) is 13.2 Å². The molecule has 0 radical (unpaired) electrons. The van der Waals surface area contributed by atoms with Gasteiger partial charge in [0.1, 0.15) is 36.2 Å². The van der Waals surface area contributed by atoms with Gasteiger partial charge in [-0.05, 0) is 90.9 Å². The van der Waals surface area contributed by atoms with Crippen molar-refractivity contribution in [2.45, 2.75) is 97.6 Å². The van der Waals surface area contributed by atoms with Crippen LogP contribution in [0.5, 0.6) is 23.0 Å². The van der Waals surface area contributed by atoms with E-state index in [4.69, 9.17) is 18.9 Å². The minimum absolute atomic E-state index is 0.468. The van der Waals surface area contributed by atoms with Gasteiger partial charge in [0.25, 0.3) is 0 Å². The lowest BCUT2D eigenvalue weighted by Gasteiger charge is -2.14. The predicted octanol–water partition coefficient (Wildman–Crippen LogP) is 10.3. The van der Waals surface area contributed by atoms with Gasteiger partial charge in [-0.25, -0.2) is 0 Å². The third-order valence-corrected chi connectivity index (χ3v) is 7.31. The van der Waals surface area contributed by atoms with Gasteiger partial charge >= 0.3 is 0 Å². The Labute approximate surface area is 250 Å². The number of ether oxygens (including phenoxy) is 4. The molecule has 218 valence electrons. The van der Waals surface area contributed by atoms with E-state index >= 15 is 0 Å². The molecule has 0 spiro atoms. The summed E-state index contributed by atoms with van der Waals surface area (Å²) in [4.78, 5) is 0. The van der Waals surface area contributed by atoms with Gasteiger partial charge in [0.15, 0.2) is 0 Å². The minimum atomic E-state index is 0.468. The van der Waals surface area contributed by atoms with E-state index < -0.39 is 0 Å². The normalized spacial score (nSPS) is 10.9. The average Bonchev–Trinajstić information content (AvgIpc) is 2.94. The molecule has 0 aliphatic heterocycles. The second-order valence-electron chi connectivity index (χ2n) is 10.7. The van der Waals surface area contributed by atoms with Crippen molar-refractivity contribution in [2.24, 2.45) is 0 Å². The predicted molar refractivity (Wildman–Crippen MR) is 169 cm³/mol. The van der Waals surface area contributed by atoms with Crippen LogP contribution in [0.2, 0.25) is 0 Å². The molecule has 3 aromatic carbocycles. The Bertz CT molecular complexity index is 1070. The Morgan fingerprint density at radius 2 is 0.900 bits per heavy atom. The lowest BCUT2D eigenvalue weighted by atomic mass is 10.1. The number of unbranched alkanes of at least 4 members (excludes halogenated alkanes) is 6. The highest BCUT2D eigenvalue weighted by Gasteiger charge is 2.07. The first kappa shape index (κ1) is 31.9. The molecule has 5 heteroatoms. The Morgan fingerprint density at radius 1 is 0.475 bits per heavy atom. The molecule has 4 nitrogen and oxygen atoms in total. The van der Waals surface area contributed by atoms with Crippen LogP contribution in [0.15, 0.2) is 54.6 Å². The molecule has 0 unspecified atom stereocenters. The van der Waals surface area contributed by atoms with Crippen molar-refractivity contribution in [3.8, 4) is 23.0 Å². The van der Waals surface area contributed by atoms with Gasteiger partial charge in [0.05, 0.1) is 13.2 Å². The molecule has 0 amide bonds. The number of benzene rings is 3. The minimum Gasteiger partial charge on any atom is -0.494 e. The first-order chi connectivity index (χ1) is 19.5. The Hall–Kier alpha value is -2.66. The first-order valence-corrected chi connectivity index (χ1v) is 16.0. The zero-order valence-electron chi connectivity index (χ0n) is 24.9. The molecule has 0 aliphatic rings. The largest absolute Gasteiger partial charge is 0.494 e. The maximum atomic E-state index is 6.23. The molecule has 0 aromatic heterocycles. The van der Waals surface area contributed by atoms with Crippen LogP contribution in [0.3, 0.4) is 0 Å². The van der Waals surface area contributed by atoms with Crippen LogP contribution in [0, 0.1) is 13.8 Å². The molecule has 0 N–H and O–H groups in total. The molecule has 0 saturated heterocycles. The third kappa shape index (κ3) is 11.8. The highest BCUT2D eigenvalue weighted by molar-refractivity contribution is 9.08. The summed E-state index contributed by atoms with van der Waals surface area (Å²) in [5.74, 6) is 3.40. The van der Waals surface area contributed by atoms with Crippen molar-refractivity contribution < 1.29 is 18.9 Å². The van der Waals surface area contributed by atoms with Crippen LogP contribution in [0.25, 0.3) is 0 Å². The molecular formula is C35H47BrO4. The fourth-order valence-electron chi connectivity index (χ4n) is 4.63. The number of hydrogen-bond acceptors (Lipinski definition) is 4. The van der Waals surface area contributed by atoms with Crippen LogP contribution in [0.4, 0.5) is 0 Å². The molecule has 3 aromatic rings. The Kier molecular flexibility index (Phi) is 14.3. The Morgan fingerprint density at radius 3 is 1.32 bits per heavy atom. The number of aryl methyl sites for hydroxylation is 2. The molecule has 0 heterocycles. The van der Waals surface area contributed by atoms with Gasteiger partial charge in [-0.15, -0.1) is 0 Å². The van der Waals surface area contributed by atoms with Gasteiger partial charge in [0, 0.05) is 11.4 Å². The van der Waals surface area contributed by atoms with E-state index in [-0.39, 0.29) is 0 Å². The summed E-state index contributed by atoms with van der Waals surface area (Å²) < 4.78 is 24.5. The van der Waals surface area contributed by atoms with Gasteiger partial charge in [0.2, 0.25) is 0 Å². The van der Waals surface area contributed by atoms with E-state index in [9.17, 15) is 0 Å². The molecule has 40 heavy (non-hydrogen) atoms. The summed E-state index contributed by atoms with van der Waals surface area (Å²) in [6, 6.07) is 18.7. The maximum absolute atomic E-state index is 6.23. The third-order valence-electron chi connectivity index (χ3n) is 6.66. The molecule has 0 atom stereocenters. The van der Waals surface area contributed by atoms with Gasteiger partial charge < -0.3 is 18.9 Å². The summed E-state index contributed by atoms with van der Waals surface area (Å²) in [6.07, 6.45) is 9.59. The zero-order valence-corrected chi connectivity index (χ0v) is 26.5. The summed E-state index contributed by atoms with van der Waals surface area (Å²) in [5, 5.41) is 0.724. The number of hydrogen-bond donors (Lipinski definition) is 0. The number of alkyl halides is 1. The van der Waals surface area contributed by atoms with E-state index in [0.29, 0.717) is 13.2 Å². The lowest BCUT2D eigenvalue weighted by molar-refractivity contribution is 0.284. The summed E-state index contributed by atoms with van der Waals surface area (Å²) in [7, 11) is 0. The number of halogens is 1. The lowest BCUT2D eigenvalue weighted by Crippen LogP contribution is -2.02. The molecule has 0 saturated carbocycles. The Balaban J connectivity index is 1.59.